The van der Waals surface area contributed by atoms with Gasteiger partial charge in [0.25, 0.3) is 6.43 Å². The Kier molecular flexibility index (Phi) is 5.35. The second kappa shape index (κ2) is 7.91. The Balaban J connectivity index is 1.64. The van der Waals surface area contributed by atoms with Gasteiger partial charge < -0.3 is 9.45 Å². The lowest BCUT2D eigenvalue weighted by Crippen LogP contribution is -2.39. The Morgan fingerprint density at radius 3 is 2.75 bits per heavy atom. The van der Waals surface area contributed by atoms with Crippen LogP contribution in [-0.4, -0.2) is 59.4 Å². The first kappa shape index (κ1) is 18.9. The molecule has 0 spiro atoms. The topological polar surface area (TPSA) is 112 Å². The van der Waals surface area contributed by atoms with Crippen molar-refractivity contribution in [3.63, 3.8) is 0 Å². The number of aromatic nitrogens is 5. The first-order chi connectivity index (χ1) is 13.5. The van der Waals surface area contributed by atoms with Gasteiger partial charge in [0.15, 0.2) is 11.5 Å². The maximum absolute atomic E-state index is 13.0. The maximum atomic E-state index is 13.0. The van der Waals surface area contributed by atoms with Gasteiger partial charge in [0, 0.05) is 32.0 Å². The summed E-state index contributed by atoms with van der Waals surface area (Å²) in [5, 5.41) is 5.48. The van der Waals surface area contributed by atoms with E-state index in [2.05, 4.69) is 24.8 Å². The molecule has 12 heteroatoms. The Morgan fingerprint density at radius 1 is 1.11 bits per heavy atom. The zero-order valence-electron chi connectivity index (χ0n) is 14.8. The standard InChI is InChI=1S/C16H18F2N8OS/c17-15(18)11-10-26-12(8-22-14(26)9-21-11)16-20-3-2-13(23-16)24-4-1-5-25(7-6-24)28(19)27/h2-3,8-10,15H,1,4-7,19H2. The third-order valence-corrected chi connectivity index (χ3v) is 5.42. The van der Waals surface area contributed by atoms with Gasteiger partial charge in [-0.3, -0.25) is 4.40 Å². The predicted octanol–water partition coefficient (Wildman–Crippen LogP) is 1.17. The third kappa shape index (κ3) is 3.76. The minimum atomic E-state index is -2.68. The lowest BCUT2D eigenvalue weighted by atomic mass is 10.3. The number of rotatable bonds is 4. The van der Waals surface area contributed by atoms with Crippen LogP contribution in [0.25, 0.3) is 17.2 Å². The fourth-order valence-corrected chi connectivity index (χ4v) is 3.70. The van der Waals surface area contributed by atoms with Crippen LogP contribution < -0.4 is 10.0 Å². The Bertz CT molecular complexity index is 969. The molecule has 2 N–H and O–H groups in total. The molecule has 1 aliphatic rings. The number of fused-ring (bicyclic) bond motifs is 1. The van der Waals surface area contributed by atoms with E-state index in [0.717, 1.165) is 13.0 Å². The van der Waals surface area contributed by atoms with E-state index < -0.39 is 18.0 Å². The molecule has 0 aromatic carbocycles. The van der Waals surface area contributed by atoms with Gasteiger partial charge in [-0.05, 0) is 12.5 Å². The fourth-order valence-electron chi connectivity index (χ4n) is 3.13. The molecular weight excluding hydrogens is 390 g/mol. The normalized spacial score (nSPS) is 17.2. The van der Waals surface area contributed by atoms with Crippen molar-refractivity contribution in [2.75, 3.05) is 31.1 Å². The number of nitrogens with zero attached hydrogens (tertiary/aromatic N) is 7. The Hall–Kier alpha value is -2.41. The van der Waals surface area contributed by atoms with Crippen molar-refractivity contribution in [2.24, 2.45) is 5.14 Å². The molecular formula is C16H18F2N8OS. The predicted molar refractivity (Wildman–Crippen MR) is 99.7 cm³/mol. The summed E-state index contributed by atoms with van der Waals surface area (Å²) in [7, 11) is 0. The highest BCUT2D eigenvalue weighted by Gasteiger charge is 2.23. The van der Waals surface area contributed by atoms with E-state index in [-0.39, 0.29) is 5.69 Å². The molecule has 3 aromatic heterocycles. The molecule has 4 heterocycles. The summed E-state index contributed by atoms with van der Waals surface area (Å²) in [5.74, 6) is 1.08. The molecule has 28 heavy (non-hydrogen) atoms. The van der Waals surface area contributed by atoms with Crippen molar-refractivity contribution in [2.45, 2.75) is 12.8 Å². The van der Waals surface area contributed by atoms with Crippen molar-refractivity contribution in [3.05, 3.63) is 36.5 Å². The van der Waals surface area contributed by atoms with Crippen LogP contribution in [0.4, 0.5) is 14.6 Å². The molecule has 1 atom stereocenters. The first-order valence-electron chi connectivity index (χ1n) is 8.63. The number of hydrogen-bond donors (Lipinski definition) is 1. The molecule has 1 saturated heterocycles. The van der Waals surface area contributed by atoms with Gasteiger partial charge in [0.05, 0.1) is 18.9 Å². The molecule has 0 bridgehead atoms. The Morgan fingerprint density at radius 2 is 1.96 bits per heavy atom. The van der Waals surface area contributed by atoms with Crippen LogP contribution in [0.1, 0.15) is 18.5 Å². The minimum absolute atomic E-state index is 0.342. The summed E-state index contributed by atoms with van der Waals surface area (Å²) >= 11 is -1.49. The average molecular weight is 408 g/mol. The van der Waals surface area contributed by atoms with E-state index in [0.29, 0.717) is 42.6 Å². The van der Waals surface area contributed by atoms with E-state index in [1.807, 2.05) is 0 Å². The molecule has 3 aromatic rings. The molecule has 1 aliphatic heterocycles. The van der Waals surface area contributed by atoms with E-state index in [4.69, 9.17) is 5.14 Å². The number of nitrogens with two attached hydrogens (primary N) is 1. The van der Waals surface area contributed by atoms with Gasteiger partial charge in [-0.2, -0.15) is 0 Å². The summed E-state index contributed by atoms with van der Waals surface area (Å²) in [6.07, 6.45) is 3.81. The summed E-state index contributed by atoms with van der Waals surface area (Å²) < 4.78 is 40.7. The van der Waals surface area contributed by atoms with E-state index >= 15 is 0 Å². The lowest BCUT2D eigenvalue weighted by Gasteiger charge is -2.22. The van der Waals surface area contributed by atoms with Crippen molar-refractivity contribution < 1.29 is 13.3 Å². The van der Waals surface area contributed by atoms with Crippen LogP contribution in [-0.2, 0) is 11.5 Å². The van der Waals surface area contributed by atoms with Crippen molar-refractivity contribution in [3.8, 4) is 11.5 Å². The largest absolute Gasteiger partial charge is 0.579 e. The molecule has 4 rings (SSSR count). The highest BCUT2D eigenvalue weighted by atomic mass is 32.2. The molecule has 9 nitrogen and oxygen atoms in total. The summed E-state index contributed by atoms with van der Waals surface area (Å²) in [6.45, 7) is 2.55. The zero-order valence-corrected chi connectivity index (χ0v) is 15.6. The number of anilines is 1. The third-order valence-electron chi connectivity index (χ3n) is 4.54. The zero-order chi connectivity index (χ0) is 19.7. The second-order valence-electron chi connectivity index (χ2n) is 6.27. The number of alkyl halides is 2. The SMILES string of the molecule is N[S+]([O-])N1CCCN(c2ccnc(-c3cnc4cnc(C(F)F)cn34)n2)CC1. The Labute approximate surface area is 162 Å². The van der Waals surface area contributed by atoms with Crippen molar-refractivity contribution in [1.82, 2.24) is 28.6 Å². The van der Waals surface area contributed by atoms with Gasteiger partial charge in [-0.15, -0.1) is 9.44 Å². The molecule has 148 valence electrons. The van der Waals surface area contributed by atoms with Crippen LogP contribution in [0, 0.1) is 0 Å². The van der Waals surface area contributed by atoms with Crippen LogP contribution in [0.3, 0.4) is 0 Å². The molecule has 0 saturated carbocycles. The van der Waals surface area contributed by atoms with Gasteiger partial charge >= 0.3 is 0 Å². The van der Waals surface area contributed by atoms with Gasteiger partial charge in [-0.1, -0.05) is 0 Å². The fraction of sp³-hybridized carbons (Fsp3) is 0.375. The number of halogens is 2. The average Bonchev–Trinajstić information content (AvgIpc) is 2.95. The van der Waals surface area contributed by atoms with E-state index in [1.54, 1.807) is 16.6 Å². The smallest absolute Gasteiger partial charge is 0.281 e. The molecule has 0 radical (unpaired) electrons. The summed E-state index contributed by atoms with van der Waals surface area (Å²) in [4.78, 5) is 18.8. The van der Waals surface area contributed by atoms with Crippen LogP contribution in [0.2, 0.25) is 0 Å². The van der Waals surface area contributed by atoms with Crippen molar-refractivity contribution >= 4 is 23.0 Å². The first-order valence-corrected chi connectivity index (χ1v) is 9.80. The number of hydrogen-bond acceptors (Lipinski definition) is 8. The monoisotopic (exact) mass is 408 g/mol. The van der Waals surface area contributed by atoms with E-state index in [9.17, 15) is 13.3 Å². The summed E-state index contributed by atoms with van der Waals surface area (Å²) in [5.41, 5.74) is 0.593. The van der Waals surface area contributed by atoms with Crippen LogP contribution in [0.15, 0.2) is 30.9 Å². The van der Waals surface area contributed by atoms with Gasteiger partial charge in [-0.25, -0.2) is 28.7 Å². The highest BCUT2D eigenvalue weighted by Crippen LogP contribution is 2.23. The lowest BCUT2D eigenvalue weighted by molar-refractivity contribution is 0.145. The highest BCUT2D eigenvalue weighted by molar-refractivity contribution is 7.86. The van der Waals surface area contributed by atoms with Gasteiger partial charge in [0.1, 0.15) is 28.8 Å². The van der Waals surface area contributed by atoms with Gasteiger partial charge in [0.2, 0.25) is 0 Å². The van der Waals surface area contributed by atoms with Crippen molar-refractivity contribution in [1.29, 1.82) is 0 Å². The molecule has 0 aliphatic carbocycles. The van der Waals surface area contributed by atoms with Crippen LogP contribution in [0.5, 0.6) is 0 Å². The van der Waals surface area contributed by atoms with Crippen LogP contribution >= 0.6 is 0 Å². The molecule has 0 amide bonds. The molecule has 1 unspecified atom stereocenters. The summed E-state index contributed by atoms with van der Waals surface area (Å²) in [6, 6.07) is 1.79. The van der Waals surface area contributed by atoms with E-state index in [1.165, 1.54) is 23.0 Å². The second-order valence-corrected chi connectivity index (χ2v) is 7.34. The quantitative estimate of drug-likeness (QED) is 0.641. The molecule has 1 fully saturated rings. The minimum Gasteiger partial charge on any atom is -0.579 e. The number of imidazole rings is 1. The maximum Gasteiger partial charge on any atom is 0.281 e.